The van der Waals surface area contributed by atoms with Crippen LogP contribution < -0.4 is 5.32 Å². The lowest BCUT2D eigenvalue weighted by molar-refractivity contribution is -0.144. The van der Waals surface area contributed by atoms with Gasteiger partial charge in [-0.25, -0.2) is 4.79 Å². The van der Waals surface area contributed by atoms with Gasteiger partial charge in [-0.05, 0) is 65.2 Å². The molecule has 1 aliphatic rings. The normalized spacial score (nSPS) is 20.4. The number of anilines is 1. The van der Waals surface area contributed by atoms with Crippen LogP contribution >= 0.6 is 27.5 Å². The number of carbonyl (C=O) groups is 1. The molecule has 1 aromatic carbocycles. The lowest BCUT2D eigenvalue weighted by Gasteiger charge is -2.41. The first kappa shape index (κ1) is 15.6. The number of hydrogen-bond acceptors (Lipinski definition) is 2. The molecule has 3 nitrogen and oxygen atoms in total. The summed E-state index contributed by atoms with van der Waals surface area (Å²) in [5.41, 5.74) is 0.132. The first-order chi connectivity index (χ1) is 9.24. The Morgan fingerprint density at radius 3 is 2.40 bits per heavy atom. The summed E-state index contributed by atoms with van der Waals surface area (Å²) in [5.74, 6) is -0.779. The minimum Gasteiger partial charge on any atom is -0.480 e. The number of hydrogen-bond donors (Lipinski definition) is 2. The fraction of sp³-hybridized carbons (Fsp3) is 0.533. The second-order valence-electron chi connectivity index (χ2n) is 6.31. The highest BCUT2D eigenvalue weighted by molar-refractivity contribution is 9.10. The van der Waals surface area contributed by atoms with Crippen LogP contribution in [0.15, 0.2) is 22.7 Å². The molecule has 0 aliphatic heterocycles. The Kier molecular flexibility index (Phi) is 4.35. The predicted molar refractivity (Wildman–Crippen MR) is 85.4 cm³/mol. The van der Waals surface area contributed by atoms with Gasteiger partial charge in [0.25, 0.3) is 0 Å². The van der Waals surface area contributed by atoms with Crippen molar-refractivity contribution < 1.29 is 9.90 Å². The Bertz CT molecular complexity index is 521. The third-order valence-corrected chi connectivity index (χ3v) is 5.38. The highest BCUT2D eigenvalue weighted by Crippen LogP contribution is 2.42. The fourth-order valence-electron chi connectivity index (χ4n) is 2.60. The number of rotatable bonds is 3. The molecule has 0 spiro atoms. The first-order valence-electron chi connectivity index (χ1n) is 6.71. The highest BCUT2D eigenvalue weighted by Gasteiger charge is 2.44. The molecular formula is C15H19BrClNO2. The lowest BCUT2D eigenvalue weighted by Crippen LogP contribution is -2.50. The van der Waals surface area contributed by atoms with Crippen LogP contribution in [0.25, 0.3) is 0 Å². The topological polar surface area (TPSA) is 49.3 Å². The largest absolute Gasteiger partial charge is 0.480 e. The predicted octanol–water partition coefficient (Wildman–Crippen LogP) is 4.94. The summed E-state index contributed by atoms with van der Waals surface area (Å²) in [4.78, 5) is 11.7. The maximum Gasteiger partial charge on any atom is 0.329 e. The zero-order chi connectivity index (χ0) is 15.0. The van der Waals surface area contributed by atoms with Crippen molar-refractivity contribution in [1.29, 1.82) is 0 Å². The number of carboxylic acids is 1. The number of nitrogens with one attached hydrogen (secondary N) is 1. The van der Waals surface area contributed by atoms with Crippen LogP contribution in [0.5, 0.6) is 0 Å². The van der Waals surface area contributed by atoms with Gasteiger partial charge >= 0.3 is 5.97 Å². The van der Waals surface area contributed by atoms with E-state index in [2.05, 4.69) is 35.1 Å². The summed E-state index contributed by atoms with van der Waals surface area (Å²) in [7, 11) is 0. The Hall–Kier alpha value is -0.740. The summed E-state index contributed by atoms with van der Waals surface area (Å²) in [6.45, 7) is 4.38. The van der Waals surface area contributed by atoms with E-state index in [-0.39, 0.29) is 5.41 Å². The van der Waals surface area contributed by atoms with Gasteiger partial charge in [-0.15, -0.1) is 0 Å². The average Bonchev–Trinajstić information content (AvgIpc) is 2.36. The molecule has 0 bridgehead atoms. The quantitative estimate of drug-likeness (QED) is 0.803. The van der Waals surface area contributed by atoms with E-state index < -0.39 is 11.5 Å². The Balaban J connectivity index is 2.22. The number of halogens is 2. The fourth-order valence-corrected chi connectivity index (χ4v) is 3.09. The van der Waals surface area contributed by atoms with Gasteiger partial charge in [-0.3, -0.25) is 0 Å². The third kappa shape index (κ3) is 3.29. The first-order valence-corrected chi connectivity index (χ1v) is 7.88. The van der Waals surface area contributed by atoms with E-state index in [0.717, 1.165) is 23.0 Å². The van der Waals surface area contributed by atoms with Gasteiger partial charge in [-0.1, -0.05) is 25.4 Å². The van der Waals surface area contributed by atoms with Gasteiger partial charge in [0.15, 0.2) is 0 Å². The van der Waals surface area contributed by atoms with E-state index in [4.69, 9.17) is 11.6 Å². The van der Waals surface area contributed by atoms with Gasteiger partial charge < -0.3 is 10.4 Å². The standard InChI is InChI=1S/C15H19BrClNO2/c1-14(2)5-7-15(8-6-14,13(19)20)18-10-3-4-12(17)11(16)9-10/h3-4,9,18H,5-8H2,1-2H3,(H,19,20). The molecule has 0 atom stereocenters. The Labute approximate surface area is 132 Å². The van der Waals surface area contributed by atoms with Crippen molar-refractivity contribution in [2.24, 2.45) is 5.41 Å². The van der Waals surface area contributed by atoms with Crippen LogP contribution in [0.2, 0.25) is 5.02 Å². The minimum atomic E-state index is -0.872. The zero-order valence-electron chi connectivity index (χ0n) is 11.7. The van der Waals surface area contributed by atoms with Crippen molar-refractivity contribution in [3.05, 3.63) is 27.7 Å². The van der Waals surface area contributed by atoms with E-state index in [1.807, 2.05) is 12.1 Å². The molecule has 0 aromatic heterocycles. The molecule has 1 fully saturated rings. The average molecular weight is 361 g/mol. The SMILES string of the molecule is CC1(C)CCC(Nc2ccc(Cl)c(Br)c2)(C(=O)O)CC1. The molecule has 0 radical (unpaired) electrons. The van der Waals surface area contributed by atoms with Crippen molar-refractivity contribution in [3.8, 4) is 0 Å². The Morgan fingerprint density at radius 2 is 1.90 bits per heavy atom. The smallest absolute Gasteiger partial charge is 0.329 e. The van der Waals surface area contributed by atoms with Crippen LogP contribution in [0.4, 0.5) is 5.69 Å². The second kappa shape index (κ2) is 5.57. The highest BCUT2D eigenvalue weighted by atomic mass is 79.9. The van der Waals surface area contributed by atoms with Gasteiger partial charge in [0, 0.05) is 10.2 Å². The maximum atomic E-state index is 11.7. The number of aliphatic carboxylic acids is 1. The molecule has 1 saturated carbocycles. The monoisotopic (exact) mass is 359 g/mol. The lowest BCUT2D eigenvalue weighted by atomic mass is 9.69. The molecule has 2 N–H and O–H groups in total. The van der Waals surface area contributed by atoms with E-state index in [1.165, 1.54) is 0 Å². The van der Waals surface area contributed by atoms with Gasteiger partial charge in [0.1, 0.15) is 5.54 Å². The summed E-state index contributed by atoms with van der Waals surface area (Å²) in [6.07, 6.45) is 3.08. The van der Waals surface area contributed by atoms with Crippen LogP contribution in [-0.2, 0) is 4.79 Å². The summed E-state index contributed by atoms with van der Waals surface area (Å²) in [6, 6.07) is 5.40. The minimum absolute atomic E-state index is 0.223. The molecule has 110 valence electrons. The second-order valence-corrected chi connectivity index (χ2v) is 7.57. The molecule has 20 heavy (non-hydrogen) atoms. The summed E-state index contributed by atoms with van der Waals surface area (Å²) < 4.78 is 0.765. The van der Waals surface area contributed by atoms with Crippen molar-refractivity contribution >= 4 is 39.2 Å². The molecular weight excluding hydrogens is 342 g/mol. The van der Waals surface area contributed by atoms with E-state index in [0.29, 0.717) is 17.9 Å². The van der Waals surface area contributed by atoms with E-state index >= 15 is 0 Å². The van der Waals surface area contributed by atoms with Crippen LogP contribution in [0.3, 0.4) is 0 Å². The molecule has 0 unspecified atom stereocenters. The summed E-state index contributed by atoms with van der Waals surface area (Å²) in [5, 5.41) is 13.5. The molecule has 0 amide bonds. The molecule has 2 rings (SSSR count). The van der Waals surface area contributed by atoms with Crippen molar-refractivity contribution in [1.82, 2.24) is 0 Å². The van der Waals surface area contributed by atoms with E-state index in [1.54, 1.807) is 6.07 Å². The van der Waals surface area contributed by atoms with E-state index in [9.17, 15) is 9.90 Å². The van der Waals surface area contributed by atoms with Crippen LogP contribution in [0, 0.1) is 5.41 Å². The van der Waals surface area contributed by atoms with Gasteiger partial charge in [0.2, 0.25) is 0 Å². The molecule has 0 saturated heterocycles. The van der Waals surface area contributed by atoms with Crippen molar-refractivity contribution in [2.75, 3.05) is 5.32 Å². The molecule has 1 aliphatic carbocycles. The number of benzene rings is 1. The van der Waals surface area contributed by atoms with Gasteiger partial charge in [0.05, 0.1) is 5.02 Å². The summed E-state index contributed by atoms with van der Waals surface area (Å²) >= 11 is 9.33. The molecule has 0 heterocycles. The van der Waals surface area contributed by atoms with Crippen molar-refractivity contribution in [2.45, 2.75) is 45.1 Å². The van der Waals surface area contributed by atoms with Crippen LogP contribution in [0.1, 0.15) is 39.5 Å². The zero-order valence-corrected chi connectivity index (χ0v) is 14.0. The maximum absolute atomic E-state index is 11.7. The third-order valence-electron chi connectivity index (χ3n) is 4.17. The Morgan fingerprint density at radius 1 is 1.30 bits per heavy atom. The molecule has 1 aromatic rings. The van der Waals surface area contributed by atoms with Gasteiger partial charge in [-0.2, -0.15) is 0 Å². The number of carboxylic acid groups (broad SMARTS) is 1. The van der Waals surface area contributed by atoms with Crippen molar-refractivity contribution in [3.63, 3.8) is 0 Å². The molecule has 5 heteroatoms. The van der Waals surface area contributed by atoms with Crippen LogP contribution in [-0.4, -0.2) is 16.6 Å².